The van der Waals surface area contributed by atoms with E-state index in [0.29, 0.717) is 11.7 Å². The fourth-order valence-electron chi connectivity index (χ4n) is 2.06. The molecule has 0 fully saturated rings. The minimum Gasteiger partial charge on any atom is -0.466 e. The van der Waals surface area contributed by atoms with Crippen molar-refractivity contribution in [1.29, 1.82) is 0 Å². The van der Waals surface area contributed by atoms with Gasteiger partial charge in [0.15, 0.2) is 5.96 Å². The van der Waals surface area contributed by atoms with E-state index in [0.717, 1.165) is 31.9 Å². The van der Waals surface area contributed by atoms with Gasteiger partial charge < -0.3 is 20.2 Å². The predicted molar refractivity (Wildman–Crippen MR) is 86.3 cm³/mol. The van der Waals surface area contributed by atoms with Crippen molar-refractivity contribution in [3.05, 3.63) is 24.2 Å². The first kappa shape index (κ1) is 17.6. The molecule has 1 heterocycles. The second-order valence-electron chi connectivity index (χ2n) is 5.51. The Morgan fingerprint density at radius 1 is 1.33 bits per heavy atom. The maximum atomic E-state index is 10.4. The highest BCUT2D eigenvalue weighted by Crippen LogP contribution is 2.21. The van der Waals surface area contributed by atoms with Gasteiger partial charge in [0.2, 0.25) is 0 Å². The lowest BCUT2D eigenvalue weighted by atomic mass is 10.0. The molecule has 1 rings (SSSR count). The third kappa shape index (κ3) is 5.79. The van der Waals surface area contributed by atoms with Crippen LogP contribution in [0.5, 0.6) is 0 Å². The van der Waals surface area contributed by atoms with Gasteiger partial charge in [-0.05, 0) is 31.9 Å². The molecule has 0 aliphatic carbocycles. The third-order valence-corrected chi connectivity index (χ3v) is 3.65. The summed E-state index contributed by atoms with van der Waals surface area (Å²) >= 11 is 0. The molecule has 5 heteroatoms. The van der Waals surface area contributed by atoms with Crippen LogP contribution in [0.1, 0.15) is 46.3 Å². The summed E-state index contributed by atoms with van der Waals surface area (Å²) in [4.78, 5) is 4.47. The van der Waals surface area contributed by atoms with Gasteiger partial charge in [-0.3, -0.25) is 0 Å². The van der Waals surface area contributed by atoms with Gasteiger partial charge in [0.25, 0.3) is 0 Å². The third-order valence-electron chi connectivity index (χ3n) is 3.65. The molecule has 3 N–H and O–H groups in total. The molecule has 0 aliphatic heterocycles. The summed E-state index contributed by atoms with van der Waals surface area (Å²) in [6.07, 6.45) is 3.85. The number of guanidine groups is 1. The Kier molecular flexibility index (Phi) is 7.29. The number of rotatable bonds is 8. The number of aliphatic hydroxyl groups is 1. The van der Waals surface area contributed by atoms with Gasteiger partial charge in [-0.1, -0.05) is 26.7 Å². The first-order valence-electron chi connectivity index (χ1n) is 7.82. The standard InChI is InChI=1S/C16H29N3O2/c1-5-13(6-2)11-18-15(17-7-3)19-12-16(4,20)14-9-8-10-21-14/h8-10,13,20H,5-7,11-12H2,1-4H3,(H2,17,18,19). The molecule has 0 spiro atoms. The van der Waals surface area contributed by atoms with E-state index in [1.807, 2.05) is 6.92 Å². The Morgan fingerprint density at radius 2 is 2.05 bits per heavy atom. The molecule has 0 aliphatic rings. The largest absolute Gasteiger partial charge is 0.466 e. The van der Waals surface area contributed by atoms with E-state index in [2.05, 4.69) is 29.5 Å². The van der Waals surface area contributed by atoms with Crippen molar-refractivity contribution >= 4 is 5.96 Å². The average molecular weight is 295 g/mol. The van der Waals surface area contributed by atoms with E-state index in [-0.39, 0.29) is 6.54 Å². The monoisotopic (exact) mass is 295 g/mol. The van der Waals surface area contributed by atoms with Crippen molar-refractivity contribution in [3.63, 3.8) is 0 Å². The Balaban J connectivity index is 2.62. The van der Waals surface area contributed by atoms with Crippen LogP contribution in [0.3, 0.4) is 0 Å². The molecule has 0 bridgehead atoms. The molecule has 1 aromatic rings. The summed E-state index contributed by atoms with van der Waals surface area (Å²) in [6, 6.07) is 3.53. The van der Waals surface area contributed by atoms with Gasteiger partial charge in [-0.15, -0.1) is 0 Å². The van der Waals surface area contributed by atoms with Crippen LogP contribution in [0.2, 0.25) is 0 Å². The number of furan rings is 1. The first-order valence-corrected chi connectivity index (χ1v) is 7.82. The van der Waals surface area contributed by atoms with E-state index in [9.17, 15) is 5.11 Å². The Bertz CT molecular complexity index is 409. The maximum absolute atomic E-state index is 10.4. The highest BCUT2D eigenvalue weighted by molar-refractivity contribution is 5.79. The van der Waals surface area contributed by atoms with Gasteiger partial charge in [-0.25, -0.2) is 4.99 Å². The van der Waals surface area contributed by atoms with E-state index in [4.69, 9.17) is 4.42 Å². The van der Waals surface area contributed by atoms with E-state index >= 15 is 0 Å². The molecule has 0 saturated heterocycles. The highest BCUT2D eigenvalue weighted by Gasteiger charge is 2.26. The van der Waals surface area contributed by atoms with E-state index < -0.39 is 5.60 Å². The van der Waals surface area contributed by atoms with E-state index in [1.165, 1.54) is 0 Å². The highest BCUT2D eigenvalue weighted by atomic mass is 16.4. The molecule has 1 aromatic heterocycles. The van der Waals surface area contributed by atoms with Crippen molar-refractivity contribution in [1.82, 2.24) is 10.6 Å². The number of aliphatic imine (C=N–C) groups is 1. The molecule has 0 radical (unpaired) electrons. The van der Waals surface area contributed by atoms with Crippen LogP contribution in [0.15, 0.2) is 27.8 Å². The predicted octanol–water partition coefficient (Wildman–Crippen LogP) is 2.48. The average Bonchev–Trinajstić information content (AvgIpc) is 3.00. The van der Waals surface area contributed by atoms with Gasteiger partial charge >= 0.3 is 0 Å². The normalized spacial score (nSPS) is 15.0. The summed E-state index contributed by atoms with van der Waals surface area (Å²) in [5.41, 5.74) is -1.10. The summed E-state index contributed by atoms with van der Waals surface area (Å²) in [7, 11) is 0. The number of nitrogens with zero attached hydrogens (tertiary/aromatic N) is 1. The maximum Gasteiger partial charge on any atom is 0.191 e. The topological polar surface area (TPSA) is 69.8 Å². The van der Waals surface area contributed by atoms with Crippen LogP contribution in [0.25, 0.3) is 0 Å². The summed E-state index contributed by atoms with van der Waals surface area (Å²) in [5, 5.41) is 16.9. The van der Waals surface area contributed by atoms with Gasteiger partial charge in [0.05, 0.1) is 12.8 Å². The lowest BCUT2D eigenvalue weighted by Crippen LogP contribution is -2.40. The van der Waals surface area contributed by atoms with Gasteiger partial charge in [-0.2, -0.15) is 0 Å². The molecular weight excluding hydrogens is 266 g/mol. The molecular formula is C16H29N3O2. The van der Waals surface area contributed by atoms with Crippen molar-refractivity contribution in [2.75, 3.05) is 19.6 Å². The van der Waals surface area contributed by atoms with Crippen molar-refractivity contribution in [2.45, 2.75) is 46.1 Å². The second kappa shape index (κ2) is 8.72. The number of hydrogen-bond acceptors (Lipinski definition) is 3. The first-order chi connectivity index (χ1) is 10.0. The smallest absolute Gasteiger partial charge is 0.191 e. The zero-order valence-corrected chi connectivity index (χ0v) is 13.6. The van der Waals surface area contributed by atoms with Crippen LogP contribution >= 0.6 is 0 Å². The number of hydrogen-bond donors (Lipinski definition) is 3. The quantitative estimate of drug-likeness (QED) is 0.509. The molecule has 0 amide bonds. The second-order valence-corrected chi connectivity index (χ2v) is 5.51. The van der Waals surface area contributed by atoms with Crippen LogP contribution in [0, 0.1) is 5.92 Å². The molecule has 120 valence electrons. The van der Waals surface area contributed by atoms with Crippen LogP contribution in [0.4, 0.5) is 0 Å². The van der Waals surface area contributed by atoms with Crippen molar-refractivity contribution in [2.24, 2.45) is 10.9 Å². The van der Waals surface area contributed by atoms with Crippen LogP contribution in [-0.4, -0.2) is 30.7 Å². The molecule has 1 atom stereocenters. The molecule has 21 heavy (non-hydrogen) atoms. The lowest BCUT2D eigenvalue weighted by Gasteiger charge is -2.20. The van der Waals surface area contributed by atoms with Crippen LogP contribution < -0.4 is 10.6 Å². The van der Waals surface area contributed by atoms with Gasteiger partial charge in [0.1, 0.15) is 11.4 Å². The molecule has 0 saturated carbocycles. The lowest BCUT2D eigenvalue weighted by molar-refractivity contribution is 0.0437. The minimum absolute atomic E-state index is 0.249. The summed E-state index contributed by atoms with van der Waals surface area (Å²) in [6.45, 7) is 10.1. The Morgan fingerprint density at radius 3 is 2.57 bits per heavy atom. The van der Waals surface area contributed by atoms with Gasteiger partial charge in [0, 0.05) is 13.1 Å². The summed E-state index contributed by atoms with van der Waals surface area (Å²) in [5.74, 6) is 1.90. The summed E-state index contributed by atoms with van der Waals surface area (Å²) < 4.78 is 5.26. The SMILES string of the molecule is CCNC(=NCC(C)(O)c1ccco1)NCC(CC)CC. The molecule has 5 nitrogen and oxygen atoms in total. The Hall–Kier alpha value is -1.49. The van der Waals surface area contributed by atoms with E-state index in [1.54, 1.807) is 25.3 Å². The fourth-order valence-corrected chi connectivity index (χ4v) is 2.06. The van der Waals surface area contributed by atoms with Crippen molar-refractivity contribution < 1.29 is 9.52 Å². The zero-order chi connectivity index (χ0) is 15.7. The number of nitrogens with one attached hydrogen (secondary N) is 2. The Labute approximate surface area is 127 Å². The fraction of sp³-hybridized carbons (Fsp3) is 0.688. The van der Waals surface area contributed by atoms with Crippen LogP contribution in [-0.2, 0) is 5.60 Å². The molecule has 0 aromatic carbocycles. The zero-order valence-electron chi connectivity index (χ0n) is 13.6. The molecule has 1 unspecified atom stereocenters. The van der Waals surface area contributed by atoms with Crippen molar-refractivity contribution in [3.8, 4) is 0 Å². The minimum atomic E-state index is -1.10.